The standard InChI is InChI=1S/C20H25FN4O3S/c1-13(19(27)23-20-15(18(22)26)5-10-29-20)25-8-6-24(7-9-25)12-14-3-4-17(28-2)16(21)11-14/h3-5,10-11,13H,6-9,12H2,1-2H3,(H2,22,26)(H,23,27)/t13-/m1/s1. The van der Waals surface area contributed by atoms with Crippen molar-refractivity contribution in [2.45, 2.75) is 19.5 Å². The van der Waals surface area contributed by atoms with Crippen molar-refractivity contribution in [1.29, 1.82) is 0 Å². The molecule has 3 N–H and O–H groups in total. The number of ether oxygens (including phenoxy) is 1. The number of carbonyl (C=O) groups is 2. The number of benzene rings is 1. The van der Waals surface area contributed by atoms with Crippen LogP contribution in [0.3, 0.4) is 0 Å². The molecule has 156 valence electrons. The van der Waals surface area contributed by atoms with Gasteiger partial charge in [-0.25, -0.2) is 4.39 Å². The Hall–Kier alpha value is -2.49. The predicted octanol–water partition coefficient (Wildman–Crippen LogP) is 2.14. The summed E-state index contributed by atoms with van der Waals surface area (Å²) in [6.07, 6.45) is 0. The molecule has 9 heteroatoms. The number of piperazine rings is 1. The number of nitrogens with two attached hydrogens (primary N) is 1. The molecule has 1 aliphatic rings. The molecule has 0 saturated carbocycles. The summed E-state index contributed by atoms with van der Waals surface area (Å²) in [5, 5.41) is 5.01. The summed E-state index contributed by atoms with van der Waals surface area (Å²) < 4.78 is 18.8. The molecule has 3 rings (SSSR count). The number of anilines is 1. The third kappa shape index (κ3) is 5.11. The Morgan fingerprint density at radius 1 is 1.28 bits per heavy atom. The second-order valence-electron chi connectivity index (χ2n) is 6.97. The third-order valence-electron chi connectivity index (χ3n) is 5.12. The summed E-state index contributed by atoms with van der Waals surface area (Å²) in [6, 6.07) is 6.27. The van der Waals surface area contributed by atoms with Gasteiger partial charge in [-0.1, -0.05) is 6.07 Å². The second kappa shape index (κ2) is 9.34. The zero-order valence-electron chi connectivity index (χ0n) is 16.5. The summed E-state index contributed by atoms with van der Waals surface area (Å²) in [5.74, 6) is -0.847. The summed E-state index contributed by atoms with van der Waals surface area (Å²) >= 11 is 1.28. The van der Waals surface area contributed by atoms with E-state index in [1.165, 1.54) is 24.5 Å². The Morgan fingerprint density at radius 3 is 2.62 bits per heavy atom. The van der Waals surface area contributed by atoms with Gasteiger partial charge in [0, 0.05) is 32.7 Å². The SMILES string of the molecule is COc1ccc(CN2CCN([C@H](C)C(=O)Nc3sccc3C(N)=O)CC2)cc1F. The lowest BCUT2D eigenvalue weighted by Crippen LogP contribution is -2.52. The van der Waals surface area contributed by atoms with Gasteiger partial charge in [-0.15, -0.1) is 11.3 Å². The number of carbonyl (C=O) groups excluding carboxylic acids is 2. The minimum absolute atomic E-state index is 0.166. The number of nitrogens with one attached hydrogen (secondary N) is 1. The van der Waals surface area contributed by atoms with Crippen LogP contribution in [0.4, 0.5) is 9.39 Å². The van der Waals surface area contributed by atoms with Gasteiger partial charge < -0.3 is 15.8 Å². The fraction of sp³-hybridized carbons (Fsp3) is 0.400. The molecular formula is C20H25FN4O3S. The molecule has 2 heterocycles. The number of hydrogen-bond acceptors (Lipinski definition) is 6. The van der Waals surface area contributed by atoms with E-state index < -0.39 is 5.91 Å². The zero-order chi connectivity index (χ0) is 21.0. The lowest BCUT2D eigenvalue weighted by atomic mass is 10.1. The molecule has 0 unspecified atom stereocenters. The van der Waals surface area contributed by atoms with E-state index in [1.54, 1.807) is 17.5 Å². The molecule has 2 amide bonds. The van der Waals surface area contributed by atoms with Crippen LogP contribution in [0.2, 0.25) is 0 Å². The van der Waals surface area contributed by atoms with E-state index in [2.05, 4.69) is 15.1 Å². The van der Waals surface area contributed by atoms with Crippen LogP contribution in [0.15, 0.2) is 29.6 Å². The highest BCUT2D eigenvalue weighted by Crippen LogP contribution is 2.23. The highest BCUT2D eigenvalue weighted by Gasteiger charge is 2.26. The first kappa shape index (κ1) is 21.2. The van der Waals surface area contributed by atoms with Gasteiger partial charge in [0.15, 0.2) is 11.6 Å². The molecule has 0 bridgehead atoms. The minimum atomic E-state index is -0.558. The van der Waals surface area contributed by atoms with E-state index in [1.807, 2.05) is 13.0 Å². The first-order chi connectivity index (χ1) is 13.9. The molecule has 1 aromatic carbocycles. The average Bonchev–Trinajstić information content (AvgIpc) is 3.16. The molecule has 0 radical (unpaired) electrons. The number of halogens is 1. The monoisotopic (exact) mass is 420 g/mol. The van der Waals surface area contributed by atoms with E-state index in [-0.39, 0.29) is 23.5 Å². The maximum absolute atomic E-state index is 13.9. The smallest absolute Gasteiger partial charge is 0.251 e. The topological polar surface area (TPSA) is 87.9 Å². The molecule has 0 aliphatic carbocycles. The van der Waals surface area contributed by atoms with Crippen molar-refractivity contribution >= 4 is 28.2 Å². The van der Waals surface area contributed by atoms with Crippen molar-refractivity contribution < 1.29 is 18.7 Å². The van der Waals surface area contributed by atoms with Gasteiger partial charge in [-0.3, -0.25) is 19.4 Å². The number of methoxy groups -OCH3 is 1. The number of rotatable bonds is 7. The van der Waals surface area contributed by atoms with Crippen LogP contribution in [0.1, 0.15) is 22.8 Å². The van der Waals surface area contributed by atoms with Crippen LogP contribution in [-0.4, -0.2) is 60.9 Å². The predicted molar refractivity (Wildman–Crippen MR) is 111 cm³/mol. The molecule has 0 spiro atoms. The van der Waals surface area contributed by atoms with Crippen molar-refractivity contribution in [1.82, 2.24) is 9.80 Å². The highest BCUT2D eigenvalue weighted by molar-refractivity contribution is 7.14. The molecule has 7 nitrogen and oxygen atoms in total. The Morgan fingerprint density at radius 2 is 2.00 bits per heavy atom. The summed E-state index contributed by atoms with van der Waals surface area (Å²) in [5.41, 5.74) is 6.54. The van der Waals surface area contributed by atoms with Crippen molar-refractivity contribution in [3.05, 3.63) is 46.6 Å². The van der Waals surface area contributed by atoms with Gasteiger partial charge in [-0.2, -0.15) is 0 Å². The van der Waals surface area contributed by atoms with Crippen LogP contribution >= 0.6 is 11.3 Å². The molecule has 1 aliphatic heterocycles. The fourth-order valence-electron chi connectivity index (χ4n) is 3.36. The lowest BCUT2D eigenvalue weighted by Gasteiger charge is -2.37. The summed E-state index contributed by atoms with van der Waals surface area (Å²) in [7, 11) is 1.45. The van der Waals surface area contributed by atoms with E-state index in [0.717, 1.165) is 31.7 Å². The van der Waals surface area contributed by atoms with E-state index in [9.17, 15) is 14.0 Å². The van der Waals surface area contributed by atoms with Gasteiger partial charge in [-0.05, 0) is 36.1 Å². The molecule has 29 heavy (non-hydrogen) atoms. The van der Waals surface area contributed by atoms with Gasteiger partial charge in [0.2, 0.25) is 5.91 Å². The number of hydrogen-bond donors (Lipinski definition) is 2. The Bertz CT molecular complexity index is 880. The number of primary amides is 1. The maximum atomic E-state index is 13.9. The molecule has 1 saturated heterocycles. The van der Waals surface area contributed by atoms with E-state index in [0.29, 0.717) is 17.1 Å². The van der Waals surface area contributed by atoms with Gasteiger partial charge in [0.25, 0.3) is 5.91 Å². The van der Waals surface area contributed by atoms with E-state index in [4.69, 9.17) is 10.5 Å². The molecule has 1 aromatic heterocycles. The highest BCUT2D eigenvalue weighted by atomic mass is 32.1. The summed E-state index contributed by atoms with van der Waals surface area (Å²) in [4.78, 5) is 28.3. The van der Waals surface area contributed by atoms with Gasteiger partial charge in [0.05, 0.1) is 18.7 Å². The van der Waals surface area contributed by atoms with Crippen molar-refractivity contribution in [2.24, 2.45) is 5.73 Å². The van der Waals surface area contributed by atoms with Crippen LogP contribution in [0.5, 0.6) is 5.75 Å². The van der Waals surface area contributed by atoms with Crippen molar-refractivity contribution in [2.75, 3.05) is 38.6 Å². The number of thiophene rings is 1. The maximum Gasteiger partial charge on any atom is 0.251 e. The molecular weight excluding hydrogens is 395 g/mol. The van der Waals surface area contributed by atoms with Crippen LogP contribution in [-0.2, 0) is 11.3 Å². The average molecular weight is 421 g/mol. The quantitative estimate of drug-likeness (QED) is 0.717. The Labute approximate surface area is 173 Å². The summed E-state index contributed by atoms with van der Waals surface area (Å²) in [6.45, 7) is 5.49. The largest absolute Gasteiger partial charge is 0.494 e. The van der Waals surface area contributed by atoms with Gasteiger partial charge in [0.1, 0.15) is 5.00 Å². The Balaban J connectivity index is 1.51. The molecule has 1 fully saturated rings. The number of amides is 2. The van der Waals surface area contributed by atoms with Crippen molar-refractivity contribution in [3.8, 4) is 5.75 Å². The minimum Gasteiger partial charge on any atom is -0.494 e. The van der Waals surface area contributed by atoms with Crippen LogP contribution in [0.25, 0.3) is 0 Å². The number of nitrogens with zero attached hydrogens (tertiary/aromatic N) is 2. The lowest BCUT2D eigenvalue weighted by molar-refractivity contribution is -0.121. The van der Waals surface area contributed by atoms with Gasteiger partial charge >= 0.3 is 0 Å². The van der Waals surface area contributed by atoms with Crippen molar-refractivity contribution in [3.63, 3.8) is 0 Å². The normalized spacial score (nSPS) is 16.4. The molecule has 2 aromatic rings. The fourth-order valence-corrected chi connectivity index (χ4v) is 4.15. The van der Waals surface area contributed by atoms with Crippen LogP contribution in [0, 0.1) is 5.82 Å². The zero-order valence-corrected chi connectivity index (χ0v) is 17.3. The second-order valence-corrected chi connectivity index (χ2v) is 7.89. The Kier molecular flexibility index (Phi) is 6.83. The molecule has 1 atom stereocenters. The van der Waals surface area contributed by atoms with Crippen LogP contribution < -0.4 is 15.8 Å². The first-order valence-electron chi connectivity index (χ1n) is 9.36. The van der Waals surface area contributed by atoms with E-state index >= 15 is 0 Å². The third-order valence-corrected chi connectivity index (χ3v) is 5.95. The first-order valence-corrected chi connectivity index (χ1v) is 10.2.